The van der Waals surface area contributed by atoms with Crippen LogP contribution < -0.4 is 0 Å². The van der Waals surface area contributed by atoms with Gasteiger partial charge in [-0.2, -0.15) is 5.26 Å². The smallest absolute Gasteiger partial charge is 0.1000 e. The molecule has 1 aromatic rings. The first kappa shape index (κ1) is 10.1. The normalized spacial score (nSPS) is 25.9. The molecule has 0 amide bonds. The first-order chi connectivity index (χ1) is 7.33. The third kappa shape index (κ3) is 2.00. The first-order valence-corrected chi connectivity index (χ1v) is 5.24. The van der Waals surface area contributed by atoms with Crippen molar-refractivity contribution in [2.45, 2.75) is 25.9 Å². The van der Waals surface area contributed by atoms with Gasteiger partial charge in [0.05, 0.1) is 18.1 Å². The molecule has 1 saturated heterocycles. The van der Waals surface area contributed by atoms with Crippen LogP contribution in [0.3, 0.4) is 0 Å². The Morgan fingerprint density at radius 2 is 2.47 bits per heavy atom. The molecule has 1 aliphatic rings. The molecule has 0 spiro atoms. The van der Waals surface area contributed by atoms with Gasteiger partial charge in [-0.25, -0.2) is 0 Å². The van der Waals surface area contributed by atoms with Crippen molar-refractivity contribution in [3.63, 3.8) is 0 Å². The standard InChI is InChI=1S/C12H14N2O/c1-9-4-5-14-8-11(9)12-10(7-13)3-2-6-15-12/h4-5,8,10,12H,2-3,6H2,1H3. The highest BCUT2D eigenvalue weighted by Crippen LogP contribution is 2.34. The van der Waals surface area contributed by atoms with Gasteiger partial charge in [0.25, 0.3) is 0 Å². The SMILES string of the molecule is Cc1ccncc1C1OCCCC1C#N. The van der Waals surface area contributed by atoms with Crippen molar-refractivity contribution < 1.29 is 4.74 Å². The fourth-order valence-corrected chi connectivity index (χ4v) is 1.99. The number of hydrogen-bond acceptors (Lipinski definition) is 3. The van der Waals surface area contributed by atoms with Gasteiger partial charge in [-0.15, -0.1) is 0 Å². The zero-order valence-electron chi connectivity index (χ0n) is 8.81. The highest BCUT2D eigenvalue weighted by atomic mass is 16.5. The molecule has 78 valence electrons. The van der Waals surface area contributed by atoms with E-state index in [1.54, 1.807) is 6.20 Å². The molecular weight excluding hydrogens is 188 g/mol. The lowest BCUT2D eigenvalue weighted by molar-refractivity contribution is -0.0107. The van der Waals surface area contributed by atoms with Crippen LogP contribution in [0.25, 0.3) is 0 Å². The molecule has 0 bridgehead atoms. The maximum atomic E-state index is 9.06. The fourth-order valence-electron chi connectivity index (χ4n) is 1.99. The molecule has 1 aliphatic heterocycles. The number of aryl methyl sites for hydroxylation is 1. The minimum atomic E-state index is -0.0857. The zero-order chi connectivity index (χ0) is 10.7. The van der Waals surface area contributed by atoms with E-state index in [1.165, 1.54) is 0 Å². The summed E-state index contributed by atoms with van der Waals surface area (Å²) in [7, 11) is 0. The van der Waals surface area contributed by atoms with Gasteiger partial charge in [0.1, 0.15) is 0 Å². The number of nitriles is 1. The average Bonchev–Trinajstić information content (AvgIpc) is 2.30. The molecule has 0 saturated carbocycles. The Kier molecular flexibility index (Phi) is 2.98. The third-order valence-corrected chi connectivity index (χ3v) is 2.87. The second kappa shape index (κ2) is 4.41. The molecule has 1 aromatic heterocycles. The molecule has 0 aromatic carbocycles. The molecule has 2 unspecified atom stereocenters. The summed E-state index contributed by atoms with van der Waals surface area (Å²) in [6.07, 6.45) is 5.40. The van der Waals surface area contributed by atoms with Gasteiger partial charge >= 0.3 is 0 Å². The second-order valence-electron chi connectivity index (χ2n) is 3.90. The Morgan fingerprint density at radius 3 is 3.20 bits per heavy atom. The summed E-state index contributed by atoms with van der Waals surface area (Å²) < 4.78 is 5.69. The topological polar surface area (TPSA) is 45.9 Å². The van der Waals surface area contributed by atoms with E-state index in [0.717, 1.165) is 30.6 Å². The average molecular weight is 202 g/mol. The number of aromatic nitrogens is 1. The van der Waals surface area contributed by atoms with Gasteiger partial charge in [-0.3, -0.25) is 4.98 Å². The fraction of sp³-hybridized carbons (Fsp3) is 0.500. The lowest BCUT2D eigenvalue weighted by Gasteiger charge is -2.28. The molecule has 0 radical (unpaired) electrons. The summed E-state index contributed by atoms with van der Waals surface area (Å²) in [5.41, 5.74) is 2.21. The third-order valence-electron chi connectivity index (χ3n) is 2.87. The Balaban J connectivity index is 2.29. The number of rotatable bonds is 1. The summed E-state index contributed by atoms with van der Waals surface area (Å²) >= 11 is 0. The summed E-state index contributed by atoms with van der Waals surface area (Å²) in [5.74, 6) is -0.0263. The van der Waals surface area contributed by atoms with Crippen LogP contribution in [0.2, 0.25) is 0 Å². The molecule has 0 aliphatic carbocycles. The van der Waals surface area contributed by atoms with E-state index >= 15 is 0 Å². The van der Waals surface area contributed by atoms with Crippen LogP contribution in [0.4, 0.5) is 0 Å². The van der Waals surface area contributed by atoms with Crippen molar-refractivity contribution >= 4 is 0 Å². The summed E-state index contributed by atoms with van der Waals surface area (Å²) in [4.78, 5) is 4.10. The van der Waals surface area contributed by atoms with Gasteiger partial charge in [0.15, 0.2) is 0 Å². The summed E-state index contributed by atoms with van der Waals surface area (Å²) in [6, 6.07) is 4.29. The summed E-state index contributed by atoms with van der Waals surface area (Å²) in [6.45, 7) is 2.78. The van der Waals surface area contributed by atoms with E-state index in [-0.39, 0.29) is 12.0 Å². The molecular formula is C12H14N2O. The van der Waals surface area contributed by atoms with E-state index in [9.17, 15) is 0 Å². The molecule has 2 atom stereocenters. The first-order valence-electron chi connectivity index (χ1n) is 5.24. The van der Waals surface area contributed by atoms with E-state index < -0.39 is 0 Å². The lowest BCUT2D eigenvalue weighted by atomic mass is 9.90. The van der Waals surface area contributed by atoms with Crippen molar-refractivity contribution in [3.8, 4) is 6.07 Å². The van der Waals surface area contributed by atoms with E-state index in [4.69, 9.17) is 10.00 Å². The van der Waals surface area contributed by atoms with Gasteiger partial charge < -0.3 is 4.74 Å². The highest BCUT2D eigenvalue weighted by molar-refractivity contribution is 5.26. The van der Waals surface area contributed by atoms with Crippen molar-refractivity contribution in [3.05, 3.63) is 29.6 Å². The Morgan fingerprint density at radius 1 is 1.60 bits per heavy atom. The zero-order valence-corrected chi connectivity index (χ0v) is 8.81. The van der Waals surface area contributed by atoms with Gasteiger partial charge in [0, 0.05) is 24.6 Å². The number of ether oxygens (including phenoxy) is 1. The van der Waals surface area contributed by atoms with Crippen molar-refractivity contribution in [2.75, 3.05) is 6.61 Å². The predicted molar refractivity (Wildman–Crippen MR) is 56.0 cm³/mol. The molecule has 3 heteroatoms. The minimum Gasteiger partial charge on any atom is -0.372 e. The van der Waals surface area contributed by atoms with E-state index in [1.807, 2.05) is 19.2 Å². The second-order valence-corrected chi connectivity index (χ2v) is 3.90. The Bertz CT molecular complexity index is 383. The summed E-state index contributed by atoms with van der Waals surface area (Å²) in [5, 5.41) is 9.06. The van der Waals surface area contributed by atoms with E-state index in [2.05, 4.69) is 11.1 Å². The largest absolute Gasteiger partial charge is 0.372 e. The molecule has 2 rings (SSSR count). The van der Waals surface area contributed by atoms with Crippen LogP contribution in [0.1, 0.15) is 30.1 Å². The highest BCUT2D eigenvalue weighted by Gasteiger charge is 2.28. The number of nitrogens with zero attached hydrogens (tertiary/aromatic N) is 2. The lowest BCUT2D eigenvalue weighted by Crippen LogP contribution is -2.22. The van der Waals surface area contributed by atoms with Crippen LogP contribution in [0.15, 0.2) is 18.5 Å². The van der Waals surface area contributed by atoms with Crippen LogP contribution in [0.5, 0.6) is 0 Å². The van der Waals surface area contributed by atoms with E-state index in [0.29, 0.717) is 0 Å². The Hall–Kier alpha value is -1.40. The van der Waals surface area contributed by atoms with Gasteiger partial charge in [0.2, 0.25) is 0 Å². The van der Waals surface area contributed by atoms with Crippen LogP contribution in [-0.4, -0.2) is 11.6 Å². The minimum absolute atomic E-state index is 0.0263. The molecule has 3 nitrogen and oxygen atoms in total. The van der Waals surface area contributed by atoms with Crippen molar-refractivity contribution in [1.82, 2.24) is 4.98 Å². The van der Waals surface area contributed by atoms with Crippen molar-refractivity contribution in [1.29, 1.82) is 5.26 Å². The predicted octanol–water partition coefficient (Wildman–Crippen LogP) is 2.38. The number of pyridine rings is 1. The maximum absolute atomic E-state index is 9.06. The van der Waals surface area contributed by atoms with Crippen LogP contribution in [-0.2, 0) is 4.74 Å². The molecule has 1 fully saturated rings. The van der Waals surface area contributed by atoms with Gasteiger partial charge in [-0.1, -0.05) is 0 Å². The number of hydrogen-bond donors (Lipinski definition) is 0. The van der Waals surface area contributed by atoms with Crippen LogP contribution in [0, 0.1) is 24.2 Å². The maximum Gasteiger partial charge on any atom is 0.1000 e. The van der Waals surface area contributed by atoms with Crippen molar-refractivity contribution in [2.24, 2.45) is 5.92 Å². The molecule has 0 N–H and O–H groups in total. The molecule has 2 heterocycles. The Labute approximate surface area is 89.7 Å². The van der Waals surface area contributed by atoms with Crippen LogP contribution >= 0.6 is 0 Å². The quantitative estimate of drug-likeness (QED) is 0.702. The monoisotopic (exact) mass is 202 g/mol. The molecule has 15 heavy (non-hydrogen) atoms. The van der Waals surface area contributed by atoms with Gasteiger partial charge in [-0.05, 0) is 31.4 Å².